The van der Waals surface area contributed by atoms with Gasteiger partial charge < -0.3 is 13.3 Å². The molecule has 3 aliphatic rings. The van der Waals surface area contributed by atoms with E-state index in [9.17, 15) is 0 Å². The highest BCUT2D eigenvalue weighted by Crippen LogP contribution is 2.54. The lowest BCUT2D eigenvalue weighted by Gasteiger charge is -2.73. The van der Waals surface area contributed by atoms with E-state index in [0.717, 1.165) is 39.5 Å². The number of hydrogen-bond donors (Lipinski definition) is 0. The zero-order valence-corrected chi connectivity index (χ0v) is 39.9. The fraction of sp³-hybridized carbons (Fsp3) is 1.00. The van der Waals surface area contributed by atoms with Crippen molar-refractivity contribution < 1.29 is 13.3 Å². The molecule has 3 saturated heterocycles. The van der Waals surface area contributed by atoms with Crippen molar-refractivity contribution >= 4 is 72.8 Å². The van der Waals surface area contributed by atoms with E-state index in [1.54, 1.807) is 0 Å². The van der Waals surface area contributed by atoms with Gasteiger partial charge in [0.05, 0.1) is 19.8 Å². The first kappa shape index (κ1) is 37.2. The van der Waals surface area contributed by atoms with Crippen molar-refractivity contribution in [1.29, 1.82) is 0 Å². The zero-order chi connectivity index (χ0) is 30.9. The van der Waals surface area contributed by atoms with Gasteiger partial charge in [-0.05, 0) is 0 Å². The Bertz CT molecular complexity index is 802. The number of fused-ring (bicyclic) bond motifs is 6. The van der Waals surface area contributed by atoms with Crippen molar-refractivity contribution in [2.75, 3.05) is 39.5 Å². The lowest BCUT2D eigenvalue weighted by atomic mass is 10.4. The normalized spacial score (nSPS) is 25.8. The first-order chi connectivity index (χ1) is 17.0. The minimum Gasteiger partial charge on any atom is -0.376 e. The average molecular weight is 713 g/mol. The second-order valence-corrected chi connectivity index (χ2v) is 131. The van der Waals surface area contributed by atoms with Crippen molar-refractivity contribution in [3.8, 4) is 0 Å². The minimum absolute atomic E-state index is 0.820. The van der Waals surface area contributed by atoms with Crippen molar-refractivity contribution in [2.24, 2.45) is 0 Å². The molecule has 0 spiro atoms. The Balaban J connectivity index is 3.20. The van der Waals surface area contributed by atoms with Crippen LogP contribution in [0.25, 0.3) is 0 Å². The summed E-state index contributed by atoms with van der Waals surface area (Å²) in [5, 5.41) is 0. The quantitative estimate of drug-likeness (QED) is 0.241. The Kier molecular flexibility index (Phi) is 10.6. The van der Waals surface area contributed by atoms with E-state index in [-0.39, 0.29) is 0 Å². The van der Waals surface area contributed by atoms with Crippen molar-refractivity contribution in [3.05, 3.63) is 0 Å². The van der Waals surface area contributed by atoms with Gasteiger partial charge in [-0.3, -0.25) is 4.90 Å². The molecule has 0 amide bonds. The van der Waals surface area contributed by atoms with Crippen LogP contribution in [0.4, 0.5) is 0 Å². The fourth-order valence-corrected chi connectivity index (χ4v) is 457. The molecule has 0 aromatic carbocycles. The second kappa shape index (κ2) is 11.1. The van der Waals surface area contributed by atoms with E-state index in [1.807, 2.05) is 0 Å². The van der Waals surface area contributed by atoms with Gasteiger partial charge in [0.25, 0.3) is 0 Å². The predicted molar refractivity (Wildman–Crippen MR) is 203 cm³/mol. The summed E-state index contributed by atoms with van der Waals surface area (Å²) < 4.78 is 22.2. The first-order valence-corrected chi connectivity index (χ1v) is 53.9. The Morgan fingerprint density at radius 2 is 0.692 bits per heavy atom. The fourth-order valence-electron chi connectivity index (χ4n) is 13.1. The maximum atomic E-state index is 7.40. The summed E-state index contributed by atoms with van der Waals surface area (Å²) in [4.78, 5) is 2.50. The monoisotopic (exact) mass is 711 g/mol. The van der Waals surface area contributed by atoms with Gasteiger partial charge in [0.2, 0.25) is 0 Å². The minimum atomic E-state index is -2.88. The Morgan fingerprint density at radius 1 is 0.410 bits per heavy atom. The van der Waals surface area contributed by atoms with Crippen LogP contribution in [-0.2, 0) is 13.3 Å². The van der Waals surface area contributed by atoms with E-state index < -0.39 is 72.8 Å². The molecule has 0 aliphatic carbocycles. The molecular formula is C25H69NO3Si10. The second-order valence-electron chi connectivity index (χ2n) is 18.9. The molecule has 0 radical (unpaired) electrons. The van der Waals surface area contributed by atoms with Crippen molar-refractivity contribution in [2.45, 2.75) is 124 Å². The molecule has 4 nitrogen and oxygen atoms in total. The molecule has 3 aliphatic heterocycles. The smallest absolute Gasteiger partial charge is 0.376 e. The number of nitrogens with zero attached hydrogens (tertiary/aromatic N) is 1. The highest BCUT2D eigenvalue weighted by molar-refractivity contribution is 8.23. The number of rotatable bonds is 9. The van der Waals surface area contributed by atoms with E-state index in [4.69, 9.17) is 13.3 Å². The summed E-state index contributed by atoms with van der Waals surface area (Å²) in [7, 11) is -14.4. The van der Waals surface area contributed by atoms with Gasteiger partial charge in [0.15, 0.2) is 0 Å². The Labute approximate surface area is 253 Å². The third kappa shape index (κ3) is 5.34. The van der Waals surface area contributed by atoms with E-state index in [0.29, 0.717) is 0 Å². The van der Waals surface area contributed by atoms with Crippen LogP contribution in [0.15, 0.2) is 0 Å². The van der Waals surface area contributed by atoms with Crippen LogP contribution >= 0.6 is 0 Å². The molecule has 0 atom stereocenters. The van der Waals surface area contributed by atoms with Gasteiger partial charge in [-0.2, -0.15) is 0 Å². The van der Waals surface area contributed by atoms with Crippen LogP contribution in [0.5, 0.6) is 0 Å². The molecule has 3 heterocycles. The average Bonchev–Trinajstić information content (AvgIpc) is 2.55. The van der Waals surface area contributed by atoms with E-state index in [1.165, 1.54) is 0 Å². The SMILES string of the molecule is C[Si](C)(C)[Si]([Si](C)(C)C)([Si](C)(C)C)[Si](C)(C)[Si](C)(C)[Si]([Si](C)(C)C)([Si](C)(C)C)[Si]12OCCN(CCO1)CCO2. The zero-order valence-electron chi connectivity index (χ0n) is 29.9. The Hall–Kier alpha value is 2.01. The molecule has 0 N–H and O–H groups in total. The van der Waals surface area contributed by atoms with Gasteiger partial charge in [-0.25, -0.2) is 0 Å². The summed E-state index contributed by atoms with van der Waals surface area (Å²) in [6.07, 6.45) is -3.79. The van der Waals surface area contributed by atoms with Crippen LogP contribution in [0.2, 0.25) is 124 Å². The molecular weight excluding hydrogens is 643 g/mol. The van der Waals surface area contributed by atoms with Gasteiger partial charge in [-0.1, -0.05) is 124 Å². The predicted octanol–water partition coefficient (Wildman–Crippen LogP) is 7.02. The molecule has 3 rings (SSSR count). The molecule has 0 aromatic heterocycles. The van der Waals surface area contributed by atoms with Gasteiger partial charge >= 0.3 is 8.32 Å². The summed E-state index contributed by atoms with van der Waals surface area (Å²) >= 11 is 0. The lowest BCUT2D eigenvalue weighted by Crippen LogP contribution is -3.06. The van der Waals surface area contributed by atoms with E-state index >= 15 is 0 Å². The maximum absolute atomic E-state index is 7.40. The third-order valence-corrected chi connectivity index (χ3v) is 268. The van der Waals surface area contributed by atoms with Gasteiger partial charge in [0, 0.05) is 78.0 Å². The van der Waals surface area contributed by atoms with Crippen LogP contribution in [0.1, 0.15) is 0 Å². The molecule has 39 heavy (non-hydrogen) atoms. The molecule has 3 fully saturated rings. The highest BCUT2D eigenvalue weighted by Gasteiger charge is 2.85. The topological polar surface area (TPSA) is 30.9 Å². The van der Waals surface area contributed by atoms with Crippen LogP contribution < -0.4 is 0 Å². The summed E-state index contributed by atoms with van der Waals surface area (Å²) in [5.41, 5.74) is 0. The largest absolute Gasteiger partial charge is 0.462 e. The van der Waals surface area contributed by atoms with Crippen LogP contribution in [-0.4, -0.2) is 117 Å². The van der Waals surface area contributed by atoms with Gasteiger partial charge in [0.1, 0.15) is 6.14 Å². The lowest BCUT2D eigenvalue weighted by molar-refractivity contribution is 0.00578. The van der Waals surface area contributed by atoms with Crippen LogP contribution in [0.3, 0.4) is 0 Å². The van der Waals surface area contributed by atoms with Crippen molar-refractivity contribution in [1.82, 2.24) is 4.90 Å². The molecule has 2 bridgehead atoms. The van der Waals surface area contributed by atoms with E-state index in [2.05, 4.69) is 129 Å². The standard InChI is InChI=1S/C25H69NO3Si10/c1-30(2,3)38(31(4,5)6,32(7,8)9)35(16,17)36(18,19)39(33(10,11)12,34(13,14)15)37-27-23-20-26(21-24-28-37)22-25-29-37/h20-25H2,1-19H3. The van der Waals surface area contributed by atoms with Gasteiger partial charge in [-0.15, -0.1) is 0 Å². The molecule has 0 saturated carbocycles. The summed E-state index contributed by atoms with van der Waals surface area (Å²) in [5.74, 6) is 0. The highest BCUT2D eigenvalue weighted by atomic mass is 30.4. The third-order valence-electron chi connectivity index (χ3n) is 11.6. The van der Waals surface area contributed by atoms with Crippen LogP contribution in [0, 0.1) is 0 Å². The molecule has 14 heteroatoms. The first-order valence-electron chi connectivity index (χ1n) is 15.7. The maximum Gasteiger partial charge on any atom is 0.462 e. The number of hydrogen-bond acceptors (Lipinski definition) is 4. The molecule has 232 valence electrons. The molecule has 0 aromatic rings. The molecule has 0 unspecified atom stereocenters. The Morgan fingerprint density at radius 3 is 0.923 bits per heavy atom. The van der Waals surface area contributed by atoms with Crippen molar-refractivity contribution in [3.63, 3.8) is 0 Å². The summed E-state index contributed by atoms with van der Waals surface area (Å²) in [6, 6.07) is 0. The summed E-state index contributed by atoms with van der Waals surface area (Å²) in [6.45, 7) is 60.0.